The monoisotopic (exact) mass is 191 g/mol. The minimum atomic E-state index is 0.561. The highest BCUT2D eigenvalue weighted by molar-refractivity contribution is 7.15. The molecule has 0 aliphatic rings. The van der Waals surface area contributed by atoms with Crippen molar-refractivity contribution in [3.63, 3.8) is 0 Å². The fraction of sp³-hybridized carbons (Fsp3) is 0.111. The topological polar surface area (TPSA) is 51.8 Å². The molecular formula is C9H9N3S. The molecule has 0 radical (unpaired) electrons. The molecule has 13 heavy (non-hydrogen) atoms. The smallest absolute Gasteiger partial charge is 0.132 e. The standard InChI is InChI=1S/C9H9N3S/c1-6-12-5-8(13-6)7-3-2-4-11-9(7)10/h2-5H,1H3,(H2,10,11). The second-order valence-corrected chi connectivity index (χ2v) is 3.91. The maximum atomic E-state index is 5.73. The zero-order valence-corrected chi connectivity index (χ0v) is 8.01. The summed E-state index contributed by atoms with van der Waals surface area (Å²) in [5, 5.41) is 1.04. The van der Waals surface area contributed by atoms with E-state index >= 15 is 0 Å². The van der Waals surface area contributed by atoms with Crippen LogP contribution in [0.2, 0.25) is 0 Å². The number of anilines is 1. The molecular weight excluding hydrogens is 182 g/mol. The minimum Gasteiger partial charge on any atom is -0.383 e. The molecule has 3 nitrogen and oxygen atoms in total. The number of rotatable bonds is 1. The molecule has 0 spiro atoms. The molecule has 0 bridgehead atoms. The number of nitrogens with zero attached hydrogens (tertiary/aromatic N) is 2. The summed E-state index contributed by atoms with van der Waals surface area (Å²) in [5.41, 5.74) is 6.70. The van der Waals surface area contributed by atoms with Crippen molar-refractivity contribution in [1.82, 2.24) is 9.97 Å². The van der Waals surface area contributed by atoms with E-state index in [9.17, 15) is 0 Å². The molecule has 2 aromatic rings. The molecule has 0 atom stereocenters. The van der Waals surface area contributed by atoms with E-state index in [-0.39, 0.29) is 0 Å². The van der Waals surface area contributed by atoms with Crippen molar-refractivity contribution in [2.75, 3.05) is 5.73 Å². The average Bonchev–Trinajstić information content (AvgIpc) is 2.53. The molecule has 0 amide bonds. The first-order valence-corrected chi connectivity index (χ1v) is 4.72. The van der Waals surface area contributed by atoms with Crippen LogP contribution in [0.3, 0.4) is 0 Å². The van der Waals surface area contributed by atoms with Gasteiger partial charge >= 0.3 is 0 Å². The second-order valence-electron chi connectivity index (χ2n) is 2.68. The van der Waals surface area contributed by atoms with Crippen molar-refractivity contribution < 1.29 is 0 Å². The van der Waals surface area contributed by atoms with Crippen LogP contribution in [0.4, 0.5) is 5.82 Å². The lowest BCUT2D eigenvalue weighted by atomic mass is 10.2. The molecule has 4 heteroatoms. The van der Waals surface area contributed by atoms with E-state index in [1.165, 1.54) is 0 Å². The fourth-order valence-corrected chi connectivity index (χ4v) is 1.92. The van der Waals surface area contributed by atoms with E-state index in [0.717, 1.165) is 15.4 Å². The Bertz CT molecular complexity index is 422. The van der Waals surface area contributed by atoms with Gasteiger partial charge in [-0.05, 0) is 19.1 Å². The van der Waals surface area contributed by atoms with Gasteiger partial charge in [0.25, 0.3) is 0 Å². The Balaban J connectivity index is 2.52. The summed E-state index contributed by atoms with van der Waals surface area (Å²) in [4.78, 5) is 9.26. The fourth-order valence-electron chi connectivity index (χ4n) is 1.11. The van der Waals surface area contributed by atoms with E-state index in [1.807, 2.05) is 25.3 Å². The zero-order chi connectivity index (χ0) is 9.26. The van der Waals surface area contributed by atoms with Crippen molar-refractivity contribution in [3.8, 4) is 10.4 Å². The highest BCUT2D eigenvalue weighted by Crippen LogP contribution is 2.28. The molecule has 0 aliphatic carbocycles. The van der Waals surface area contributed by atoms with Crippen molar-refractivity contribution in [2.24, 2.45) is 0 Å². The van der Waals surface area contributed by atoms with Gasteiger partial charge < -0.3 is 5.73 Å². The van der Waals surface area contributed by atoms with E-state index in [2.05, 4.69) is 9.97 Å². The lowest BCUT2D eigenvalue weighted by molar-refractivity contribution is 1.29. The number of nitrogen functional groups attached to an aromatic ring is 1. The number of aryl methyl sites for hydroxylation is 1. The summed E-state index contributed by atoms with van der Waals surface area (Å²) in [6.45, 7) is 1.97. The minimum absolute atomic E-state index is 0.561. The number of pyridine rings is 1. The zero-order valence-electron chi connectivity index (χ0n) is 7.19. The Hall–Kier alpha value is -1.42. The molecule has 2 aromatic heterocycles. The highest BCUT2D eigenvalue weighted by Gasteiger charge is 2.04. The molecule has 0 saturated heterocycles. The predicted octanol–water partition coefficient (Wildman–Crippen LogP) is 2.10. The van der Waals surface area contributed by atoms with Crippen LogP contribution in [0.15, 0.2) is 24.5 Å². The van der Waals surface area contributed by atoms with E-state index in [4.69, 9.17) is 5.73 Å². The summed E-state index contributed by atoms with van der Waals surface area (Å²) in [5.74, 6) is 0.561. The third kappa shape index (κ3) is 1.53. The number of hydrogen-bond donors (Lipinski definition) is 1. The molecule has 66 valence electrons. The third-order valence-corrected chi connectivity index (χ3v) is 2.67. The van der Waals surface area contributed by atoms with Crippen LogP contribution in [0.5, 0.6) is 0 Å². The maximum absolute atomic E-state index is 5.73. The van der Waals surface area contributed by atoms with Crippen LogP contribution < -0.4 is 5.73 Å². The second kappa shape index (κ2) is 3.14. The Morgan fingerprint density at radius 3 is 2.85 bits per heavy atom. The van der Waals surface area contributed by atoms with Gasteiger partial charge in [-0.25, -0.2) is 9.97 Å². The first-order chi connectivity index (χ1) is 6.27. The van der Waals surface area contributed by atoms with Crippen LogP contribution >= 0.6 is 11.3 Å². The highest BCUT2D eigenvalue weighted by atomic mass is 32.1. The summed E-state index contributed by atoms with van der Waals surface area (Å²) < 4.78 is 0. The predicted molar refractivity (Wildman–Crippen MR) is 54.5 cm³/mol. The van der Waals surface area contributed by atoms with Gasteiger partial charge in [0.15, 0.2) is 0 Å². The SMILES string of the molecule is Cc1ncc(-c2cccnc2N)s1. The molecule has 2 heterocycles. The van der Waals surface area contributed by atoms with Crippen molar-refractivity contribution in [1.29, 1.82) is 0 Å². The first kappa shape index (κ1) is 8.19. The van der Waals surface area contributed by atoms with Gasteiger partial charge in [-0.15, -0.1) is 11.3 Å². The van der Waals surface area contributed by atoms with Crippen LogP contribution in [-0.2, 0) is 0 Å². The lowest BCUT2D eigenvalue weighted by Gasteiger charge is -1.98. The molecule has 0 fully saturated rings. The van der Waals surface area contributed by atoms with Gasteiger partial charge in [0.2, 0.25) is 0 Å². The van der Waals surface area contributed by atoms with Gasteiger partial charge in [-0.1, -0.05) is 0 Å². The molecule has 2 N–H and O–H groups in total. The number of aromatic nitrogens is 2. The van der Waals surface area contributed by atoms with Gasteiger partial charge in [-0.3, -0.25) is 0 Å². The molecule has 0 aromatic carbocycles. The van der Waals surface area contributed by atoms with E-state index in [1.54, 1.807) is 17.5 Å². The van der Waals surface area contributed by atoms with Crippen molar-refractivity contribution >= 4 is 17.2 Å². The quantitative estimate of drug-likeness (QED) is 0.751. The average molecular weight is 191 g/mol. The van der Waals surface area contributed by atoms with Gasteiger partial charge in [0.05, 0.1) is 9.88 Å². The van der Waals surface area contributed by atoms with Crippen LogP contribution in [-0.4, -0.2) is 9.97 Å². The van der Waals surface area contributed by atoms with Crippen LogP contribution in [0.1, 0.15) is 5.01 Å². The first-order valence-electron chi connectivity index (χ1n) is 3.90. The normalized spacial score (nSPS) is 10.2. The lowest BCUT2D eigenvalue weighted by Crippen LogP contribution is -1.91. The Morgan fingerprint density at radius 1 is 1.38 bits per heavy atom. The third-order valence-electron chi connectivity index (χ3n) is 1.73. The Labute approximate surface area is 80.3 Å². The van der Waals surface area contributed by atoms with E-state index in [0.29, 0.717) is 5.82 Å². The van der Waals surface area contributed by atoms with Gasteiger partial charge in [-0.2, -0.15) is 0 Å². The summed E-state index contributed by atoms with van der Waals surface area (Å²) in [6.07, 6.45) is 3.51. The van der Waals surface area contributed by atoms with Gasteiger partial charge in [0.1, 0.15) is 5.82 Å². The molecule has 0 aliphatic heterocycles. The van der Waals surface area contributed by atoms with Crippen LogP contribution in [0, 0.1) is 6.92 Å². The Morgan fingerprint density at radius 2 is 2.23 bits per heavy atom. The maximum Gasteiger partial charge on any atom is 0.132 e. The molecule has 2 rings (SSSR count). The number of thiazole rings is 1. The van der Waals surface area contributed by atoms with Gasteiger partial charge in [0, 0.05) is 18.0 Å². The summed E-state index contributed by atoms with van der Waals surface area (Å²) in [7, 11) is 0. The van der Waals surface area contributed by atoms with Crippen molar-refractivity contribution in [2.45, 2.75) is 6.92 Å². The molecule has 0 saturated carbocycles. The summed E-state index contributed by atoms with van der Waals surface area (Å²) in [6, 6.07) is 3.83. The number of hydrogen-bond acceptors (Lipinski definition) is 4. The summed E-state index contributed by atoms with van der Waals surface area (Å²) >= 11 is 1.62. The van der Waals surface area contributed by atoms with E-state index < -0.39 is 0 Å². The van der Waals surface area contributed by atoms with Crippen LogP contribution in [0.25, 0.3) is 10.4 Å². The number of nitrogens with two attached hydrogens (primary N) is 1. The van der Waals surface area contributed by atoms with Crippen molar-refractivity contribution in [3.05, 3.63) is 29.5 Å². The largest absolute Gasteiger partial charge is 0.383 e. The Kier molecular flexibility index (Phi) is 1.98. The molecule has 0 unspecified atom stereocenters.